The van der Waals surface area contributed by atoms with E-state index in [9.17, 15) is 14.8 Å². The monoisotopic (exact) mass is 345 g/mol. The van der Waals surface area contributed by atoms with E-state index in [0.717, 1.165) is 37.0 Å². The predicted molar refractivity (Wildman–Crippen MR) is 97.3 cm³/mol. The van der Waals surface area contributed by atoms with Crippen molar-refractivity contribution in [2.24, 2.45) is 0 Å². The second-order valence-electron chi connectivity index (χ2n) is 7.40. The molecule has 0 amide bonds. The molecule has 1 saturated heterocycles. The summed E-state index contributed by atoms with van der Waals surface area (Å²) in [5.74, 6) is 0. The largest absolute Gasteiger partial charge is 0.506 e. The normalized spacial score (nSPS) is 15.5. The maximum absolute atomic E-state index is 12.6. The molecule has 0 saturated carbocycles. The maximum Gasteiger partial charge on any atom is 0.506 e. The minimum atomic E-state index is -1.78. The fourth-order valence-electron chi connectivity index (χ4n) is 3.21. The first-order valence-corrected chi connectivity index (χ1v) is 8.62. The Balaban J connectivity index is 2.12. The molecule has 8 heteroatoms. The first-order valence-electron chi connectivity index (χ1n) is 8.62. The molecule has 7 nitrogen and oxygen atoms in total. The van der Waals surface area contributed by atoms with Gasteiger partial charge in [0.15, 0.2) is 0 Å². The standard InChI is InChI=1S/C17H24BN3O4/c1-17(2,3)25-16(22)21-14-11-19-10-13(20-7-5-4-6-8-20)12(14)9-15(21)18(23)24/h9-11,23-24H,4-8H2,1-3H3. The summed E-state index contributed by atoms with van der Waals surface area (Å²) in [5.41, 5.74) is 0.806. The van der Waals surface area contributed by atoms with Crippen LogP contribution in [0, 0.1) is 0 Å². The van der Waals surface area contributed by atoms with Gasteiger partial charge in [-0.25, -0.2) is 4.79 Å². The van der Waals surface area contributed by atoms with E-state index in [2.05, 4.69) is 9.88 Å². The van der Waals surface area contributed by atoms with E-state index in [4.69, 9.17) is 4.74 Å². The fraction of sp³-hybridized carbons (Fsp3) is 0.529. The molecule has 3 heterocycles. The number of hydrogen-bond donors (Lipinski definition) is 2. The molecule has 0 aromatic carbocycles. The lowest BCUT2D eigenvalue weighted by Crippen LogP contribution is -2.41. The summed E-state index contributed by atoms with van der Waals surface area (Å²) >= 11 is 0. The van der Waals surface area contributed by atoms with Crippen molar-refractivity contribution in [2.75, 3.05) is 18.0 Å². The number of fused-ring (bicyclic) bond motifs is 1. The number of carbonyl (C=O) groups is 1. The number of ether oxygens (including phenoxy) is 1. The predicted octanol–water partition coefficient (Wildman–Crippen LogP) is 1.49. The molecule has 2 aromatic heterocycles. The highest BCUT2D eigenvalue weighted by Gasteiger charge is 2.28. The first kappa shape index (κ1) is 17.8. The third-order valence-corrected chi connectivity index (χ3v) is 4.27. The van der Waals surface area contributed by atoms with Gasteiger partial charge in [-0.05, 0) is 46.1 Å². The van der Waals surface area contributed by atoms with Crippen LogP contribution in [0.3, 0.4) is 0 Å². The van der Waals surface area contributed by atoms with Crippen molar-refractivity contribution in [1.82, 2.24) is 9.55 Å². The summed E-state index contributed by atoms with van der Waals surface area (Å²) in [6.45, 7) is 7.15. The quantitative estimate of drug-likeness (QED) is 0.802. The number of piperidine rings is 1. The smallest absolute Gasteiger partial charge is 0.443 e. The molecular weight excluding hydrogens is 321 g/mol. The Kier molecular flexibility index (Phi) is 4.75. The van der Waals surface area contributed by atoms with Crippen LogP contribution in [-0.4, -0.2) is 51.5 Å². The van der Waals surface area contributed by atoms with Crippen LogP contribution in [0.4, 0.5) is 10.5 Å². The van der Waals surface area contributed by atoms with Crippen LogP contribution >= 0.6 is 0 Å². The summed E-state index contributed by atoms with van der Waals surface area (Å²) < 4.78 is 6.63. The topological polar surface area (TPSA) is 87.8 Å². The van der Waals surface area contributed by atoms with Crippen LogP contribution < -0.4 is 10.5 Å². The summed E-state index contributed by atoms with van der Waals surface area (Å²) in [7, 11) is -1.78. The second kappa shape index (κ2) is 6.69. The highest BCUT2D eigenvalue weighted by atomic mass is 16.6. The number of anilines is 1. The number of nitrogens with zero attached hydrogens (tertiary/aromatic N) is 3. The Bertz CT molecular complexity index is 776. The van der Waals surface area contributed by atoms with Gasteiger partial charge in [-0.2, -0.15) is 0 Å². The number of rotatable bonds is 2. The van der Waals surface area contributed by atoms with Gasteiger partial charge >= 0.3 is 13.2 Å². The van der Waals surface area contributed by atoms with Gasteiger partial charge in [0.05, 0.1) is 29.2 Å². The zero-order valence-electron chi connectivity index (χ0n) is 14.9. The zero-order valence-corrected chi connectivity index (χ0v) is 14.9. The Labute approximate surface area is 147 Å². The summed E-state index contributed by atoms with van der Waals surface area (Å²) in [4.78, 5) is 19.1. The molecule has 1 fully saturated rings. The van der Waals surface area contributed by atoms with E-state index in [1.807, 2.05) is 0 Å². The third kappa shape index (κ3) is 3.64. The van der Waals surface area contributed by atoms with Crippen molar-refractivity contribution >= 4 is 35.4 Å². The van der Waals surface area contributed by atoms with Crippen LogP contribution in [0.25, 0.3) is 10.9 Å². The van der Waals surface area contributed by atoms with Gasteiger partial charge < -0.3 is 19.7 Å². The molecule has 3 rings (SSSR count). The van der Waals surface area contributed by atoms with E-state index in [1.165, 1.54) is 11.0 Å². The highest BCUT2D eigenvalue weighted by molar-refractivity contribution is 6.59. The van der Waals surface area contributed by atoms with Gasteiger partial charge in [0.1, 0.15) is 5.60 Å². The minimum absolute atomic E-state index is 0.0792. The van der Waals surface area contributed by atoms with Crippen LogP contribution in [0.5, 0.6) is 0 Å². The Morgan fingerprint density at radius 1 is 1.20 bits per heavy atom. The lowest BCUT2D eigenvalue weighted by atomic mass is 9.86. The van der Waals surface area contributed by atoms with Gasteiger partial charge in [-0.1, -0.05) is 0 Å². The molecule has 0 unspecified atom stereocenters. The van der Waals surface area contributed by atoms with E-state index in [-0.39, 0.29) is 5.59 Å². The van der Waals surface area contributed by atoms with Crippen molar-refractivity contribution in [1.29, 1.82) is 0 Å². The van der Waals surface area contributed by atoms with Crippen molar-refractivity contribution in [3.63, 3.8) is 0 Å². The van der Waals surface area contributed by atoms with Crippen molar-refractivity contribution < 1.29 is 19.6 Å². The molecule has 25 heavy (non-hydrogen) atoms. The highest BCUT2D eigenvalue weighted by Crippen LogP contribution is 2.28. The number of aromatic nitrogens is 2. The molecule has 0 spiro atoms. The van der Waals surface area contributed by atoms with Gasteiger partial charge in [0.2, 0.25) is 0 Å². The number of hydrogen-bond acceptors (Lipinski definition) is 6. The lowest BCUT2D eigenvalue weighted by molar-refractivity contribution is 0.0547. The zero-order chi connectivity index (χ0) is 18.2. The molecule has 0 atom stereocenters. The molecule has 0 radical (unpaired) electrons. The van der Waals surface area contributed by atoms with Gasteiger partial charge in [-0.3, -0.25) is 9.55 Å². The van der Waals surface area contributed by atoms with Gasteiger partial charge in [-0.15, -0.1) is 0 Å². The number of carbonyl (C=O) groups excluding carboxylic acids is 1. The Hall–Kier alpha value is -2.06. The van der Waals surface area contributed by atoms with E-state index in [0.29, 0.717) is 5.52 Å². The van der Waals surface area contributed by atoms with Gasteiger partial charge in [0.25, 0.3) is 0 Å². The molecule has 1 aliphatic rings. The molecule has 134 valence electrons. The molecule has 2 N–H and O–H groups in total. The maximum atomic E-state index is 12.6. The van der Waals surface area contributed by atoms with Gasteiger partial charge in [0, 0.05) is 18.5 Å². The SMILES string of the molecule is CC(C)(C)OC(=O)n1c(B(O)O)cc2c(N3CCCCC3)cncc21. The molecule has 0 aliphatic carbocycles. The lowest BCUT2D eigenvalue weighted by Gasteiger charge is -2.29. The van der Waals surface area contributed by atoms with Crippen LogP contribution in [0.1, 0.15) is 40.0 Å². The van der Waals surface area contributed by atoms with Crippen molar-refractivity contribution in [2.45, 2.75) is 45.6 Å². The van der Waals surface area contributed by atoms with E-state index >= 15 is 0 Å². The summed E-state index contributed by atoms with van der Waals surface area (Å²) in [6.07, 6.45) is 6.10. The molecule has 2 aromatic rings. The first-order chi connectivity index (χ1) is 11.8. The summed E-state index contributed by atoms with van der Waals surface area (Å²) in [6, 6.07) is 1.63. The number of pyridine rings is 1. The van der Waals surface area contributed by atoms with Crippen LogP contribution in [-0.2, 0) is 4.74 Å². The van der Waals surface area contributed by atoms with Crippen molar-refractivity contribution in [3.05, 3.63) is 18.5 Å². The van der Waals surface area contributed by atoms with E-state index < -0.39 is 18.8 Å². The van der Waals surface area contributed by atoms with E-state index in [1.54, 1.807) is 39.2 Å². The van der Waals surface area contributed by atoms with Crippen LogP contribution in [0.15, 0.2) is 18.5 Å². The summed E-state index contributed by atoms with van der Waals surface area (Å²) in [5, 5.41) is 20.3. The van der Waals surface area contributed by atoms with Crippen LogP contribution in [0.2, 0.25) is 0 Å². The third-order valence-electron chi connectivity index (χ3n) is 4.27. The fourth-order valence-corrected chi connectivity index (χ4v) is 3.21. The average molecular weight is 345 g/mol. The Morgan fingerprint density at radius 3 is 2.48 bits per heavy atom. The molecular formula is C17H24BN3O4. The molecule has 1 aliphatic heterocycles. The van der Waals surface area contributed by atoms with Crippen molar-refractivity contribution in [3.8, 4) is 0 Å². The molecule has 0 bridgehead atoms. The minimum Gasteiger partial charge on any atom is -0.443 e. The Morgan fingerprint density at radius 2 is 1.88 bits per heavy atom. The average Bonchev–Trinajstić information content (AvgIpc) is 2.94. The second-order valence-corrected chi connectivity index (χ2v) is 7.40.